The fraction of sp³-hybridized carbons (Fsp3) is 0.733. The van der Waals surface area contributed by atoms with Crippen LogP contribution < -0.4 is 10.1 Å². The van der Waals surface area contributed by atoms with E-state index in [4.69, 9.17) is 4.74 Å². The molecule has 0 aliphatic heterocycles. The lowest BCUT2D eigenvalue weighted by atomic mass is 9.93. The predicted octanol–water partition coefficient (Wildman–Crippen LogP) is 3.73. The van der Waals surface area contributed by atoms with Crippen LogP contribution >= 0.6 is 0 Å². The zero-order valence-corrected chi connectivity index (χ0v) is 13.1. The molecule has 108 valence electrons. The second kappa shape index (κ2) is 6.73. The minimum Gasteiger partial charge on any atom is -0.477 e. The van der Waals surface area contributed by atoms with Crippen LogP contribution in [-0.2, 0) is 0 Å². The van der Waals surface area contributed by atoms with Gasteiger partial charge in [0, 0.05) is 6.54 Å². The lowest BCUT2D eigenvalue weighted by Crippen LogP contribution is -2.13. The highest BCUT2D eigenvalue weighted by Crippen LogP contribution is 2.24. The molecule has 0 unspecified atom stereocenters. The molecule has 0 atom stereocenters. The molecule has 0 saturated carbocycles. The van der Waals surface area contributed by atoms with Gasteiger partial charge in [-0.25, -0.2) is 4.98 Å². The molecule has 4 heteroatoms. The fourth-order valence-electron chi connectivity index (χ4n) is 1.61. The van der Waals surface area contributed by atoms with E-state index in [0.29, 0.717) is 12.5 Å². The van der Waals surface area contributed by atoms with E-state index in [1.54, 1.807) is 0 Å². The summed E-state index contributed by atoms with van der Waals surface area (Å²) in [4.78, 5) is 8.81. The first kappa shape index (κ1) is 15.7. The highest BCUT2D eigenvalue weighted by Gasteiger charge is 2.13. The van der Waals surface area contributed by atoms with Crippen LogP contribution in [0.5, 0.6) is 5.88 Å². The Morgan fingerprint density at radius 2 is 1.84 bits per heavy atom. The van der Waals surface area contributed by atoms with Crippen molar-refractivity contribution >= 4 is 5.82 Å². The van der Waals surface area contributed by atoms with Crippen molar-refractivity contribution in [2.24, 2.45) is 5.41 Å². The highest BCUT2D eigenvalue weighted by atomic mass is 16.5. The van der Waals surface area contributed by atoms with Gasteiger partial charge >= 0.3 is 0 Å². The summed E-state index contributed by atoms with van der Waals surface area (Å²) in [6.07, 6.45) is 2.08. The van der Waals surface area contributed by atoms with E-state index < -0.39 is 0 Å². The number of rotatable bonds is 6. The van der Waals surface area contributed by atoms with Crippen LogP contribution in [0.1, 0.15) is 51.9 Å². The summed E-state index contributed by atoms with van der Waals surface area (Å²) in [5, 5.41) is 3.32. The Morgan fingerprint density at radius 1 is 1.16 bits per heavy atom. The molecular weight excluding hydrogens is 238 g/mol. The average Bonchev–Trinajstić information content (AvgIpc) is 2.29. The molecule has 19 heavy (non-hydrogen) atoms. The van der Waals surface area contributed by atoms with Gasteiger partial charge in [-0.1, -0.05) is 27.7 Å². The van der Waals surface area contributed by atoms with Gasteiger partial charge in [0.2, 0.25) is 5.88 Å². The molecule has 1 N–H and O–H groups in total. The van der Waals surface area contributed by atoms with Crippen molar-refractivity contribution in [1.29, 1.82) is 0 Å². The van der Waals surface area contributed by atoms with Crippen molar-refractivity contribution in [1.82, 2.24) is 9.97 Å². The number of anilines is 1. The third-order valence-corrected chi connectivity index (χ3v) is 2.85. The summed E-state index contributed by atoms with van der Waals surface area (Å²) >= 11 is 0. The minimum atomic E-state index is 0.277. The first-order valence-corrected chi connectivity index (χ1v) is 7.05. The van der Waals surface area contributed by atoms with Gasteiger partial charge in [0.1, 0.15) is 11.6 Å². The number of aryl methyl sites for hydroxylation is 1. The number of aromatic nitrogens is 2. The molecule has 1 aromatic heterocycles. The smallest absolute Gasteiger partial charge is 0.221 e. The Labute approximate surface area is 117 Å². The maximum atomic E-state index is 5.82. The number of nitrogens with one attached hydrogen (secondary N) is 1. The molecule has 0 bridgehead atoms. The Hall–Kier alpha value is -1.32. The van der Waals surface area contributed by atoms with Crippen LogP contribution in [0.2, 0.25) is 0 Å². The molecular formula is C15H27N3O. The topological polar surface area (TPSA) is 47.0 Å². The Kier molecular flexibility index (Phi) is 5.58. The molecule has 0 fully saturated rings. The monoisotopic (exact) mass is 265 g/mol. The van der Waals surface area contributed by atoms with Crippen molar-refractivity contribution in [3.63, 3.8) is 0 Å². The van der Waals surface area contributed by atoms with Crippen LogP contribution in [0.15, 0.2) is 0 Å². The second-order valence-corrected chi connectivity index (χ2v) is 6.14. The van der Waals surface area contributed by atoms with Crippen LogP contribution in [0, 0.1) is 19.3 Å². The van der Waals surface area contributed by atoms with E-state index in [0.717, 1.165) is 36.6 Å². The van der Waals surface area contributed by atoms with Gasteiger partial charge in [-0.15, -0.1) is 0 Å². The molecule has 0 aliphatic carbocycles. The van der Waals surface area contributed by atoms with E-state index in [2.05, 4.69) is 43.0 Å². The van der Waals surface area contributed by atoms with E-state index in [-0.39, 0.29) is 5.41 Å². The van der Waals surface area contributed by atoms with Crippen molar-refractivity contribution < 1.29 is 4.74 Å². The Bertz CT molecular complexity index is 411. The Morgan fingerprint density at radius 3 is 2.42 bits per heavy atom. The minimum absolute atomic E-state index is 0.277. The van der Waals surface area contributed by atoms with Crippen molar-refractivity contribution in [2.75, 3.05) is 18.5 Å². The van der Waals surface area contributed by atoms with Crippen molar-refractivity contribution in [3.05, 3.63) is 11.4 Å². The first-order chi connectivity index (χ1) is 8.83. The van der Waals surface area contributed by atoms with Crippen molar-refractivity contribution in [3.8, 4) is 5.88 Å². The molecule has 1 heterocycles. The first-order valence-electron chi connectivity index (χ1n) is 7.05. The summed E-state index contributed by atoms with van der Waals surface area (Å²) < 4.78 is 5.82. The third-order valence-electron chi connectivity index (χ3n) is 2.85. The average molecular weight is 265 g/mol. The van der Waals surface area contributed by atoms with E-state index in [9.17, 15) is 0 Å². The van der Waals surface area contributed by atoms with Gasteiger partial charge in [0.25, 0.3) is 0 Å². The SMILES string of the molecule is CCCNc1nc(C)nc(OCCC(C)(C)C)c1C. The normalized spacial score (nSPS) is 11.5. The molecule has 0 saturated heterocycles. The van der Waals surface area contributed by atoms with Crippen LogP contribution in [0.4, 0.5) is 5.82 Å². The number of hydrogen-bond acceptors (Lipinski definition) is 4. The zero-order valence-electron chi connectivity index (χ0n) is 13.1. The summed E-state index contributed by atoms with van der Waals surface area (Å²) in [6.45, 7) is 14.3. The summed E-state index contributed by atoms with van der Waals surface area (Å²) in [6, 6.07) is 0. The number of hydrogen-bond donors (Lipinski definition) is 1. The lowest BCUT2D eigenvalue weighted by Gasteiger charge is -2.19. The maximum absolute atomic E-state index is 5.82. The Balaban J connectivity index is 2.74. The van der Waals surface area contributed by atoms with Gasteiger partial charge in [-0.05, 0) is 32.1 Å². The van der Waals surface area contributed by atoms with Gasteiger partial charge in [-0.3, -0.25) is 0 Å². The molecule has 0 aliphatic rings. The van der Waals surface area contributed by atoms with Crippen molar-refractivity contribution in [2.45, 2.75) is 54.4 Å². The van der Waals surface area contributed by atoms with Gasteiger partial charge < -0.3 is 10.1 Å². The van der Waals surface area contributed by atoms with E-state index in [1.807, 2.05) is 13.8 Å². The largest absolute Gasteiger partial charge is 0.477 e. The predicted molar refractivity (Wildman–Crippen MR) is 79.9 cm³/mol. The fourth-order valence-corrected chi connectivity index (χ4v) is 1.61. The maximum Gasteiger partial charge on any atom is 0.221 e. The second-order valence-electron chi connectivity index (χ2n) is 6.14. The third kappa shape index (κ3) is 5.45. The summed E-state index contributed by atoms with van der Waals surface area (Å²) in [5.74, 6) is 2.34. The quantitative estimate of drug-likeness (QED) is 0.851. The molecule has 0 amide bonds. The van der Waals surface area contributed by atoms with Gasteiger partial charge in [0.15, 0.2) is 0 Å². The van der Waals surface area contributed by atoms with E-state index in [1.165, 1.54) is 0 Å². The summed E-state index contributed by atoms with van der Waals surface area (Å²) in [7, 11) is 0. The molecule has 4 nitrogen and oxygen atoms in total. The zero-order chi connectivity index (χ0) is 14.5. The molecule has 1 rings (SSSR count). The van der Waals surface area contributed by atoms with Gasteiger partial charge in [0.05, 0.1) is 12.2 Å². The van der Waals surface area contributed by atoms with E-state index >= 15 is 0 Å². The van der Waals surface area contributed by atoms with Crippen LogP contribution in [-0.4, -0.2) is 23.1 Å². The molecule has 0 radical (unpaired) electrons. The molecule has 0 aromatic carbocycles. The van der Waals surface area contributed by atoms with Gasteiger partial charge in [-0.2, -0.15) is 4.98 Å². The summed E-state index contributed by atoms with van der Waals surface area (Å²) in [5.41, 5.74) is 1.27. The number of nitrogens with zero attached hydrogens (tertiary/aromatic N) is 2. The van der Waals surface area contributed by atoms with Crippen LogP contribution in [0.3, 0.4) is 0 Å². The highest BCUT2D eigenvalue weighted by molar-refractivity contribution is 5.48. The van der Waals surface area contributed by atoms with Crippen LogP contribution in [0.25, 0.3) is 0 Å². The molecule has 1 aromatic rings. The lowest BCUT2D eigenvalue weighted by molar-refractivity contribution is 0.234. The standard InChI is InChI=1S/C15H27N3O/c1-7-9-16-13-11(2)14(18-12(3)17-13)19-10-8-15(4,5)6/h7-10H2,1-6H3,(H,16,17,18). The molecule has 0 spiro atoms. The number of ether oxygens (including phenoxy) is 1.